The first kappa shape index (κ1) is 12.6. The van der Waals surface area contributed by atoms with Gasteiger partial charge in [-0.25, -0.2) is 0 Å². The lowest BCUT2D eigenvalue weighted by molar-refractivity contribution is 0.0792. The van der Waals surface area contributed by atoms with Crippen LogP contribution in [0.3, 0.4) is 0 Å². The highest BCUT2D eigenvalue weighted by Gasteiger charge is 2.28. The third-order valence-corrected chi connectivity index (χ3v) is 4.32. The average Bonchev–Trinajstić information content (AvgIpc) is 2.77. The summed E-state index contributed by atoms with van der Waals surface area (Å²) in [6, 6.07) is 4.26. The van der Waals surface area contributed by atoms with Gasteiger partial charge in [0.1, 0.15) is 0 Å². The minimum atomic E-state index is -0.808. The zero-order valence-electron chi connectivity index (χ0n) is 12.2. The lowest BCUT2D eigenvalue weighted by atomic mass is 9.88. The summed E-state index contributed by atoms with van der Waals surface area (Å²) < 4.78 is 0. The molecule has 2 heteroatoms. The van der Waals surface area contributed by atoms with Crippen LogP contribution >= 0.6 is 0 Å². The Labute approximate surface area is 114 Å². The van der Waals surface area contributed by atoms with Crippen molar-refractivity contribution in [2.24, 2.45) is 0 Å². The maximum atomic E-state index is 10.6. The smallest absolute Gasteiger partial charge is 0.0850 e. The van der Waals surface area contributed by atoms with Gasteiger partial charge >= 0.3 is 0 Å². The summed E-state index contributed by atoms with van der Waals surface area (Å²) in [5.41, 5.74) is 6.32. The van der Waals surface area contributed by atoms with E-state index >= 15 is 0 Å². The van der Waals surface area contributed by atoms with Crippen LogP contribution in [0.2, 0.25) is 0 Å². The third kappa shape index (κ3) is 1.86. The molecule has 1 aromatic carbocycles. The molecule has 1 N–H and O–H groups in total. The zero-order valence-corrected chi connectivity index (χ0v) is 12.2. The van der Waals surface area contributed by atoms with Gasteiger partial charge < -0.3 is 5.11 Å². The van der Waals surface area contributed by atoms with E-state index in [9.17, 15) is 5.11 Å². The second-order valence-corrected chi connectivity index (χ2v) is 6.23. The Hall–Kier alpha value is -1.41. The summed E-state index contributed by atoms with van der Waals surface area (Å²) in [7, 11) is 0. The van der Waals surface area contributed by atoms with E-state index in [0.717, 1.165) is 35.7 Å². The first-order valence-corrected chi connectivity index (χ1v) is 7.04. The van der Waals surface area contributed by atoms with Crippen molar-refractivity contribution < 1.29 is 5.11 Å². The largest absolute Gasteiger partial charge is 0.386 e. The molecule has 0 bridgehead atoms. The number of rotatable bonds is 1. The highest BCUT2D eigenvalue weighted by Crippen LogP contribution is 2.37. The van der Waals surface area contributed by atoms with Gasteiger partial charge in [0.05, 0.1) is 11.1 Å². The molecule has 0 aliphatic heterocycles. The molecule has 0 saturated carbocycles. The SMILES string of the molecule is Cc1ccc2c(C(C)(C)O)c3c(nc2c1C)CCC3. The standard InChI is InChI=1S/C17H21NO/c1-10-8-9-13-15(17(3,4)19)12-6-5-7-14(12)18-16(13)11(10)2/h8-9,19H,5-7H2,1-4H3. The number of fused-ring (bicyclic) bond motifs is 2. The number of aliphatic hydroxyl groups is 1. The van der Waals surface area contributed by atoms with Gasteiger partial charge in [-0.2, -0.15) is 0 Å². The van der Waals surface area contributed by atoms with Gasteiger partial charge in [-0.3, -0.25) is 4.98 Å². The van der Waals surface area contributed by atoms with Gasteiger partial charge in [0.15, 0.2) is 0 Å². The normalized spacial score (nSPS) is 15.0. The van der Waals surface area contributed by atoms with Crippen molar-refractivity contribution in [1.82, 2.24) is 4.98 Å². The number of pyridine rings is 1. The van der Waals surface area contributed by atoms with Gasteiger partial charge in [0.25, 0.3) is 0 Å². The fourth-order valence-corrected chi connectivity index (χ4v) is 3.26. The van der Waals surface area contributed by atoms with Crippen LogP contribution in [0.1, 0.15) is 48.2 Å². The van der Waals surface area contributed by atoms with E-state index in [-0.39, 0.29) is 0 Å². The van der Waals surface area contributed by atoms with Crippen LogP contribution in [0, 0.1) is 13.8 Å². The first-order valence-electron chi connectivity index (χ1n) is 7.04. The molecule has 0 radical (unpaired) electrons. The highest BCUT2D eigenvalue weighted by atomic mass is 16.3. The number of hydrogen-bond donors (Lipinski definition) is 1. The van der Waals surface area contributed by atoms with E-state index in [1.807, 2.05) is 13.8 Å². The second kappa shape index (κ2) is 4.04. The average molecular weight is 255 g/mol. The van der Waals surface area contributed by atoms with Crippen molar-refractivity contribution in [2.75, 3.05) is 0 Å². The van der Waals surface area contributed by atoms with Crippen LogP contribution in [0.25, 0.3) is 10.9 Å². The first-order chi connectivity index (χ1) is 8.89. The quantitative estimate of drug-likeness (QED) is 0.845. The maximum Gasteiger partial charge on any atom is 0.0850 e. The van der Waals surface area contributed by atoms with Crippen LogP contribution in [0.4, 0.5) is 0 Å². The summed E-state index contributed by atoms with van der Waals surface area (Å²) in [6.45, 7) is 8.01. The third-order valence-electron chi connectivity index (χ3n) is 4.32. The number of hydrogen-bond acceptors (Lipinski definition) is 2. The van der Waals surface area contributed by atoms with Crippen molar-refractivity contribution in [3.05, 3.63) is 40.1 Å². The van der Waals surface area contributed by atoms with E-state index in [2.05, 4.69) is 26.0 Å². The Kier molecular flexibility index (Phi) is 2.68. The van der Waals surface area contributed by atoms with E-state index in [1.54, 1.807) is 0 Å². The summed E-state index contributed by atoms with van der Waals surface area (Å²) in [4.78, 5) is 4.88. The number of aromatic nitrogens is 1. The van der Waals surface area contributed by atoms with Gasteiger partial charge in [0.2, 0.25) is 0 Å². The van der Waals surface area contributed by atoms with E-state index in [0.29, 0.717) is 0 Å². The molecule has 1 aliphatic rings. The fraction of sp³-hybridized carbons (Fsp3) is 0.471. The Morgan fingerprint density at radius 3 is 2.58 bits per heavy atom. The van der Waals surface area contributed by atoms with Crippen molar-refractivity contribution in [1.29, 1.82) is 0 Å². The molecule has 0 atom stereocenters. The molecule has 0 amide bonds. The minimum absolute atomic E-state index is 0.808. The predicted molar refractivity (Wildman–Crippen MR) is 78.5 cm³/mol. The molecular formula is C17H21NO. The Bertz CT molecular complexity index is 665. The van der Waals surface area contributed by atoms with Crippen LogP contribution in [-0.2, 0) is 18.4 Å². The number of benzene rings is 1. The van der Waals surface area contributed by atoms with Crippen LogP contribution in [-0.4, -0.2) is 10.1 Å². The molecule has 3 rings (SSSR count). The van der Waals surface area contributed by atoms with Gasteiger partial charge in [0, 0.05) is 11.1 Å². The van der Waals surface area contributed by atoms with Crippen molar-refractivity contribution in [3.63, 3.8) is 0 Å². The summed E-state index contributed by atoms with van der Waals surface area (Å²) in [5, 5.41) is 11.7. The lowest BCUT2D eigenvalue weighted by Crippen LogP contribution is -2.19. The maximum absolute atomic E-state index is 10.6. The monoisotopic (exact) mass is 255 g/mol. The minimum Gasteiger partial charge on any atom is -0.386 e. The molecule has 1 heterocycles. The molecule has 1 aromatic heterocycles. The molecule has 1 aliphatic carbocycles. The van der Waals surface area contributed by atoms with Gasteiger partial charge in [-0.1, -0.05) is 12.1 Å². The predicted octanol–water partition coefficient (Wildman–Crippen LogP) is 3.57. The lowest BCUT2D eigenvalue weighted by Gasteiger charge is -2.24. The van der Waals surface area contributed by atoms with Gasteiger partial charge in [-0.15, -0.1) is 0 Å². The van der Waals surface area contributed by atoms with E-state index in [4.69, 9.17) is 4.98 Å². The molecule has 2 aromatic rings. The summed E-state index contributed by atoms with van der Waals surface area (Å²) in [5.74, 6) is 0. The van der Waals surface area contributed by atoms with Gasteiger partial charge in [-0.05, 0) is 69.2 Å². The molecule has 2 nitrogen and oxygen atoms in total. The van der Waals surface area contributed by atoms with E-state index < -0.39 is 5.60 Å². The van der Waals surface area contributed by atoms with Crippen LogP contribution in [0.5, 0.6) is 0 Å². The molecular weight excluding hydrogens is 234 g/mol. The number of aryl methyl sites for hydroxylation is 3. The second-order valence-electron chi connectivity index (χ2n) is 6.23. The Morgan fingerprint density at radius 1 is 1.16 bits per heavy atom. The molecule has 0 saturated heterocycles. The molecule has 19 heavy (non-hydrogen) atoms. The van der Waals surface area contributed by atoms with E-state index in [1.165, 1.54) is 22.4 Å². The van der Waals surface area contributed by atoms with Crippen LogP contribution < -0.4 is 0 Å². The topological polar surface area (TPSA) is 33.1 Å². The molecule has 0 fully saturated rings. The van der Waals surface area contributed by atoms with Crippen LogP contribution in [0.15, 0.2) is 12.1 Å². The summed E-state index contributed by atoms with van der Waals surface area (Å²) in [6.07, 6.45) is 3.24. The van der Waals surface area contributed by atoms with Crippen molar-refractivity contribution >= 4 is 10.9 Å². The zero-order chi connectivity index (χ0) is 13.8. The highest BCUT2D eigenvalue weighted by molar-refractivity contribution is 5.88. The molecule has 0 spiro atoms. The molecule has 100 valence electrons. The van der Waals surface area contributed by atoms with Crippen molar-refractivity contribution in [2.45, 2.75) is 52.6 Å². The molecule has 0 unspecified atom stereocenters. The summed E-state index contributed by atoms with van der Waals surface area (Å²) >= 11 is 0. The van der Waals surface area contributed by atoms with Crippen molar-refractivity contribution in [3.8, 4) is 0 Å². The Balaban J connectivity index is 2.48. The Morgan fingerprint density at radius 2 is 1.89 bits per heavy atom. The fourth-order valence-electron chi connectivity index (χ4n) is 3.26. The number of nitrogens with zero attached hydrogens (tertiary/aromatic N) is 1.